The summed E-state index contributed by atoms with van der Waals surface area (Å²) in [5, 5.41) is 20.7. The lowest BCUT2D eigenvalue weighted by Gasteiger charge is -2.32. The van der Waals surface area contributed by atoms with Gasteiger partial charge in [0.2, 0.25) is 0 Å². The molecule has 0 spiro atoms. The molecule has 1 saturated heterocycles. The van der Waals surface area contributed by atoms with E-state index in [1.165, 1.54) is 12.3 Å². The molecule has 0 amide bonds. The normalized spacial score (nSPS) is 34.6. The van der Waals surface area contributed by atoms with Crippen LogP contribution in [0.1, 0.15) is 24.6 Å². The highest BCUT2D eigenvalue weighted by atomic mass is 32.2. The van der Waals surface area contributed by atoms with Crippen LogP contribution in [-0.4, -0.2) is 38.3 Å². The molecule has 1 aliphatic heterocycles. The van der Waals surface area contributed by atoms with Crippen LogP contribution >= 0.6 is 11.8 Å². The molecule has 1 radical (unpaired) electrons. The SMILES string of the molecule is Nc1ccn([C@@H]2S[C@H](C([O])C3CCC3)[C@@H](O)[C@@H]2F)c(=O)n1. The van der Waals surface area contributed by atoms with Crippen molar-refractivity contribution >= 4 is 17.6 Å². The first-order valence-electron chi connectivity index (χ1n) is 6.97. The lowest BCUT2D eigenvalue weighted by Crippen LogP contribution is -2.41. The van der Waals surface area contributed by atoms with Crippen LogP contribution in [0.5, 0.6) is 0 Å². The zero-order valence-electron chi connectivity index (χ0n) is 11.3. The van der Waals surface area contributed by atoms with Crippen LogP contribution in [0.4, 0.5) is 10.2 Å². The number of aromatic nitrogens is 2. The van der Waals surface area contributed by atoms with Gasteiger partial charge in [0.05, 0.1) is 5.25 Å². The maximum absolute atomic E-state index is 14.3. The van der Waals surface area contributed by atoms with Crippen molar-refractivity contribution in [2.24, 2.45) is 5.92 Å². The first-order valence-corrected chi connectivity index (χ1v) is 7.91. The molecule has 8 heteroatoms. The van der Waals surface area contributed by atoms with E-state index in [0.717, 1.165) is 35.6 Å². The van der Waals surface area contributed by atoms with Crippen molar-refractivity contribution in [3.63, 3.8) is 0 Å². The molecule has 6 nitrogen and oxygen atoms in total. The van der Waals surface area contributed by atoms with Gasteiger partial charge in [0.1, 0.15) is 23.4 Å². The number of alkyl halides is 1. The Bertz CT molecular complexity index is 580. The van der Waals surface area contributed by atoms with Gasteiger partial charge in [0.15, 0.2) is 6.17 Å². The van der Waals surface area contributed by atoms with Crippen molar-refractivity contribution in [2.45, 2.75) is 48.3 Å². The fourth-order valence-electron chi connectivity index (χ4n) is 2.81. The third-order valence-corrected chi connectivity index (χ3v) is 5.92. The molecular weight excluding hydrogens is 297 g/mol. The summed E-state index contributed by atoms with van der Waals surface area (Å²) >= 11 is 1.03. The summed E-state index contributed by atoms with van der Waals surface area (Å²) in [5.74, 6) is 0.0623. The van der Waals surface area contributed by atoms with Crippen molar-refractivity contribution in [2.75, 3.05) is 5.73 Å². The average molecular weight is 314 g/mol. The van der Waals surface area contributed by atoms with Crippen LogP contribution in [0.2, 0.25) is 0 Å². The molecule has 2 heterocycles. The van der Waals surface area contributed by atoms with Gasteiger partial charge >= 0.3 is 5.69 Å². The number of nitrogens with two attached hydrogens (primary N) is 1. The molecule has 2 fully saturated rings. The van der Waals surface area contributed by atoms with E-state index in [-0.39, 0.29) is 11.7 Å². The highest BCUT2D eigenvalue weighted by Crippen LogP contribution is 2.47. The Kier molecular flexibility index (Phi) is 3.94. The third kappa shape index (κ3) is 2.56. The quantitative estimate of drug-likeness (QED) is 0.857. The molecule has 1 aromatic heterocycles. The van der Waals surface area contributed by atoms with Crippen LogP contribution in [0.25, 0.3) is 0 Å². The Morgan fingerprint density at radius 3 is 2.81 bits per heavy atom. The van der Waals surface area contributed by atoms with E-state index in [1.54, 1.807) is 0 Å². The number of hydrogen-bond acceptors (Lipinski definition) is 5. The molecule has 1 saturated carbocycles. The largest absolute Gasteiger partial charge is 0.389 e. The molecule has 3 rings (SSSR count). The average Bonchev–Trinajstić information content (AvgIpc) is 2.65. The number of nitrogens with zero attached hydrogens (tertiary/aromatic N) is 2. The molecule has 5 atom stereocenters. The molecule has 0 bridgehead atoms. The first kappa shape index (κ1) is 14.8. The van der Waals surface area contributed by atoms with Gasteiger partial charge in [-0.1, -0.05) is 6.42 Å². The minimum atomic E-state index is -1.67. The summed E-state index contributed by atoms with van der Waals surface area (Å²) in [6.07, 6.45) is 0.0198. The van der Waals surface area contributed by atoms with E-state index in [2.05, 4.69) is 4.98 Å². The maximum atomic E-state index is 14.3. The second-order valence-electron chi connectivity index (χ2n) is 5.62. The number of nitrogen functional groups attached to an aromatic ring is 1. The molecule has 1 aliphatic carbocycles. The van der Waals surface area contributed by atoms with E-state index in [4.69, 9.17) is 5.73 Å². The number of thioether (sulfide) groups is 1. The van der Waals surface area contributed by atoms with Crippen molar-refractivity contribution in [3.8, 4) is 0 Å². The Hall–Kier alpha value is -1.12. The fourth-order valence-corrected chi connectivity index (χ4v) is 4.43. The zero-order valence-corrected chi connectivity index (χ0v) is 12.1. The molecular formula is C13H17FN3O3S. The Balaban J connectivity index is 1.82. The van der Waals surface area contributed by atoms with E-state index < -0.39 is 34.7 Å². The summed E-state index contributed by atoms with van der Waals surface area (Å²) in [7, 11) is 0. The third-order valence-electron chi connectivity index (χ3n) is 4.30. The van der Waals surface area contributed by atoms with Crippen LogP contribution in [-0.2, 0) is 5.11 Å². The standard InChI is InChI=1S/C13H17FN3O3S/c14-8-10(19)11(9(18)6-2-1-3-6)21-12(8)17-5-4-7(15)16-13(17)20/h4-6,8-12,19H,1-3H2,(H2,15,16,20)/t8-,9?,10-,11+,12+/m0/s1. The van der Waals surface area contributed by atoms with Crippen molar-refractivity contribution < 1.29 is 14.6 Å². The predicted octanol–water partition coefficient (Wildman–Crippen LogP) is 0.738. The lowest BCUT2D eigenvalue weighted by molar-refractivity contribution is -0.0347. The minimum absolute atomic E-state index is 0.00404. The summed E-state index contributed by atoms with van der Waals surface area (Å²) in [6, 6.07) is 1.40. The number of halogens is 1. The highest BCUT2D eigenvalue weighted by molar-refractivity contribution is 8.00. The van der Waals surface area contributed by atoms with E-state index >= 15 is 0 Å². The summed E-state index contributed by atoms with van der Waals surface area (Å²) < 4.78 is 15.4. The molecule has 115 valence electrons. The van der Waals surface area contributed by atoms with Crippen LogP contribution in [0.3, 0.4) is 0 Å². The first-order chi connectivity index (χ1) is 9.99. The maximum Gasteiger partial charge on any atom is 0.350 e. The van der Waals surface area contributed by atoms with Gasteiger partial charge in [-0.2, -0.15) is 4.98 Å². The summed E-state index contributed by atoms with van der Waals surface area (Å²) in [6.45, 7) is 0. The summed E-state index contributed by atoms with van der Waals surface area (Å²) in [4.78, 5) is 15.3. The van der Waals surface area contributed by atoms with Gasteiger partial charge in [-0.3, -0.25) is 4.57 Å². The minimum Gasteiger partial charge on any atom is -0.389 e. The number of aliphatic hydroxyl groups is 1. The van der Waals surface area contributed by atoms with E-state index in [9.17, 15) is 19.4 Å². The number of aliphatic hydroxyl groups excluding tert-OH is 1. The fraction of sp³-hybridized carbons (Fsp3) is 0.692. The Labute approximate surface area is 125 Å². The molecule has 1 unspecified atom stereocenters. The van der Waals surface area contributed by atoms with E-state index in [1.807, 2.05) is 0 Å². The monoisotopic (exact) mass is 314 g/mol. The van der Waals surface area contributed by atoms with Gasteiger partial charge in [0, 0.05) is 6.20 Å². The van der Waals surface area contributed by atoms with Crippen LogP contribution in [0, 0.1) is 5.92 Å². The van der Waals surface area contributed by atoms with Crippen LogP contribution < -0.4 is 11.4 Å². The van der Waals surface area contributed by atoms with Crippen molar-refractivity contribution in [1.82, 2.24) is 9.55 Å². The van der Waals surface area contributed by atoms with Gasteiger partial charge in [-0.15, -0.1) is 11.8 Å². The predicted molar refractivity (Wildman–Crippen MR) is 76.0 cm³/mol. The molecule has 0 aromatic carbocycles. The second kappa shape index (κ2) is 5.58. The Morgan fingerprint density at radius 2 is 2.24 bits per heavy atom. The smallest absolute Gasteiger partial charge is 0.350 e. The second-order valence-corrected chi connectivity index (χ2v) is 6.92. The molecule has 21 heavy (non-hydrogen) atoms. The topological polar surface area (TPSA) is 101 Å². The van der Waals surface area contributed by atoms with Gasteiger partial charge < -0.3 is 10.8 Å². The van der Waals surface area contributed by atoms with Gasteiger partial charge in [-0.05, 0) is 24.8 Å². The zero-order chi connectivity index (χ0) is 15.1. The summed E-state index contributed by atoms with van der Waals surface area (Å²) in [5.41, 5.74) is 4.73. The Morgan fingerprint density at radius 1 is 1.52 bits per heavy atom. The highest BCUT2D eigenvalue weighted by Gasteiger charge is 2.50. The van der Waals surface area contributed by atoms with Crippen molar-refractivity contribution in [1.29, 1.82) is 0 Å². The number of rotatable bonds is 3. The lowest BCUT2D eigenvalue weighted by atomic mass is 9.79. The van der Waals surface area contributed by atoms with Crippen molar-refractivity contribution in [3.05, 3.63) is 22.7 Å². The van der Waals surface area contributed by atoms with Gasteiger partial charge in [-0.25, -0.2) is 14.3 Å². The number of anilines is 1. The molecule has 2 aliphatic rings. The number of hydrogen-bond donors (Lipinski definition) is 2. The molecule has 3 N–H and O–H groups in total. The van der Waals surface area contributed by atoms with E-state index in [0.29, 0.717) is 0 Å². The van der Waals surface area contributed by atoms with Crippen LogP contribution in [0.15, 0.2) is 17.1 Å². The molecule has 1 aromatic rings. The van der Waals surface area contributed by atoms with Gasteiger partial charge in [0.25, 0.3) is 0 Å².